The Morgan fingerprint density at radius 3 is 2.44 bits per heavy atom. The van der Waals surface area contributed by atoms with Crippen molar-refractivity contribution in [2.24, 2.45) is 5.92 Å². The van der Waals surface area contributed by atoms with Gasteiger partial charge in [0.1, 0.15) is 0 Å². The van der Waals surface area contributed by atoms with Gasteiger partial charge in [-0.05, 0) is 5.92 Å². The SMILES string of the molecule is CC(C)CC#CC([O])=O. The van der Waals surface area contributed by atoms with Gasteiger partial charge in [0.15, 0.2) is 0 Å². The van der Waals surface area contributed by atoms with E-state index in [9.17, 15) is 9.90 Å². The Balaban J connectivity index is 3.50. The summed E-state index contributed by atoms with van der Waals surface area (Å²) >= 11 is 0. The third-order valence-corrected chi connectivity index (χ3v) is 0.701. The summed E-state index contributed by atoms with van der Waals surface area (Å²) in [6.07, 6.45) is 0.619. The average Bonchev–Trinajstić information content (AvgIpc) is 1.63. The average molecular weight is 125 g/mol. The molecule has 0 rings (SSSR count). The first kappa shape index (κ1) is 8.03. The summed E-state index contributed by atoms with van der Waals surface area (Å²) in [5.74, 6) is 3.54. The molecule has 0 aliphatic rings. The van der Waals surface area contributed by atoms with Crippen LogP contribution in [0, 0.1) is 17.8 Å². The van der Waals surface area contributed by atoms with Gasteiger partial charge in [-0.2, -0.15) is 0 Å². The smallest absolute Gasteiger partial charge is 0.231 e. The normalized spacial score (nSPS) is 8.33. The van der Waals surface area contributed by atoms with E-state index >= 15 is 0 Å². The van der Waals surface area contributed by atoms with E-state index in [2.05, 4.69) is 5.92 Å². The summed E-state index contributed by atoms with van der Waals surface area (Å²) in [6, 6.07) is 0. The van der Waals surface area contributed by atoms with Gasteiger partial charge in [-0.25, -0.2) is 9.90 Å². The molecule has 0 atom stereocenters. The second kappa shape index (κ2) is 3.96. The van der Waals surface area contributed by atoms with Crippen molar-refractivity contribution in [1.82, 2.24) is 0 Å². The zero-order valence-electron chi connectivity index (χ0n) is 5.60. The molecule has 0 aliphatic heterocycles. The second-order valence-corrected chi connectivity index (χ2v) is 2.19. The lowest BCUT2D eigenvalue weighted by Gasteiger charge is -1.91. The van der Waals surface area contributed by atoms with Crippen LogP contribution in [0.25, 0.3) is 0 Å². The summed E-state index contributed by atoms with van der Waals surface area (Å²) < 4.78 is 0. The van der Waals surface area contributed by atoms with Crippen LogP contribution in [0.2, 0.25) is 0 Å². The van der Waals surface area contributed by atoms with Crippen molar-refractivity contribution in [1.29, 1.82) is 0 Å². The zero-order valence-corrected chi connectivity index (χ0v) is 5.60. The maximum Gasteiger partial charge on any atom is 0.429 e. The zero-order chi connectivity index (χ0) is 7.28. The first-order valence-electron chi connectivity index (χ1n) is 2.82. The number of hydrogen-bond donors (Lipinski definition) is 0. The van der Waals surface area contributed by atoms with Gasteiger partial charge in [-0.15, -0.1) is 0 Å². The molecule has 0 bridgehead atoms. The van der Waals surface area contributed by atoms with Gasteiger partial charge in [-0.1, -0.05) is 19.8 Å². The molecular weight excluding hydrogens is 116 g/mol. The fourth-order valence-electron chi connectivity index (χ4n) is 0.327. The highest BCUT2D eigenvalue weighted by Crippen LogP contribution is 1.95. The minimum Gasteiger partial charge on any atom is -0.231 e. The van der Waals surface area contributed by atoms with Crippen molar-refractivity contribution in [3.8, 4) is 11.8 Å². The minimum absolute atomic E-state index is 0.428. The Morgan fingerprint density at radius 2 is 2.11 bits per heavy atom. The standard InChI is InChI=1S/C7H9O2/c1-6(2)4-3-5-7(8)9/h6H,4H2,1-2H3. The Bertz CT molecular complexity index is 148. The Morgan fingerprint density at radius 1 is 1.56 bits per heavy atom. The van der Waals surface area contributed by atoms with Gasteiger partial charge in [0.05, 0.1) is 0 Å². The van der Waals surface area contributed by atoms with Crippen LogP contribution in [0.4, 0.5) is 0 Å². The molecule has 9 heavy (non-hydrogen) atoms. The van der Waals surface area contributed by atoms with Crippen molar-refractivity contribution in [3.63, 3.8) is 0 Å². The monoisotopic (exact) mass is 125 g/mol. The topological polar surface area (TPSA) is 37.0 Å². The van der Waals surface area contributed by atoms with E-state index in [1.165, 1.54) is 0 Å². The first-order chi connectivity index (χ1) is 4.13. The van der Waals surface area contributed by atoms with Crippen LogP contribution in [-0.4, -0.2) is 5.97 Å². The predicted molar refractivity (Wildman–Crippen MR) is 32.9 cm³/mol. The van der Waals surface area contributed by atoms with Crippen molar-refractivity contribution >= 4 is 5.97 Å². The number of carbonyl (C=O) groups is 1. The van der Waals surface area contributed by atoms with E-state index in [-0.39, 0.29) is 0 Å². The van der Waals surface area contributed by atoms with Crippen LogP contribution in [0.3, 0.4) is 0 Å². The van der Waals surface area contributed by atoms with Crippen LogP contribution in [0.15, 0.2) is 0 Å². The van der Waals surface area contributed by atoms with Crippen molar-refractivity contribution < 1.29 is 9.90 Å². The predicted octanol–water partition coefficient (Wildman–Crippen LogP) is 0.993. The van der Waals surface area contributed by atoms with E-state index in [4.69, 9.17) is 0 Å². The van der Waals surface area contributed by atoms with E-state index in [0.717, 1.165) is 0 Å². The molecule has 1 radical (unpaired) electrons. The Labute approximate surface area is 54.9 Å². The molecule has 0 fully saturated rings. The Hall–Kier alpha value is -0.970. The molecule has 0 N–H and O–H groups in total. The number of carbonyl (C=O) groups excluding carboxylic acids is 1. The van der Waals surface area contributed by atoms with Gasteiger partial charge < -0.3 is 0 Å². The quantitative estimate of drug-likeness (QED) is 0.481. The maximum atomic E-state index is 9.70. The second-order valence-electron chi connectivity index (χ2n) is 2.19. The number of hydrogen-bond acceptors (Lipinski definition) is 1. The van der Waals surface area contributed by atoms with Crippen LogP contribution in [-0.2, 0) is 9.90 Å². The largest absolute Gasteiger partial charge is 0.429 e. The van der Waals surface area contributed by atoms with Crippen LogP contribution in [0.1, 0.15) is 20.3 Å². The van der Waals surface area contributed by atoms with Gasteiger partial charge in [0, 0.05) is 12.3 Å². The molecular formula is C7H9O2. The van der Waals surface area contributed by atoms with Crippen molar-refractivity contribution in [2.75, 3.05) is 0 Å². The van der Waals surface area contributed by atoms with Gasteiger partial charge >= 0.3 is 5.97 Å². The van der Waals surface area contributed by atoms with Gasteiger partial charge in [-0.3, -0.25) is 0 Å². The first-order valence-corrected chi connectivity index (χ1v) is 2.82. The van der Waals surface area contributed by atoms with E-state index in [1.807, 2.05) is 19.8 Å². The van der Waals surface area contributed by atoms with Crippen molar-refractivity contribution in [2.45, 2.75) is 20.3 Å². The fourth-order valence-corrected chi connectivity index (χ4v) is 0.327. The highest BCUT2D eigenvalue weighted by molar-refractivity contribution is 5.85. The van der Waals surface area contributed by atoms with Crippen LogP contribution in [0.5, 0.6) is 0 Å². The van der Waals surface area contributed by atoms with Crippen LogP contribution < -0.4 is 0 Å². The van der Waals surface area contributed by atoms with Gasteiger partial charge in [0.2, 0.25) is 0 Å². The molecule has 0 unspecified atom stereocenters. The molecule has 2 heteroatoms. The summed E-state index contributed by atoms with van der Waals surface area (Å²) in [4.78, 5) is 9.70. The third kappa shape index (κ3) is 7.03. The van der Waals surface area contributed by atoms with Crippen molar-refractivity contribution in [3.05, 3.63) is 0 Å². The number of rotatable bonds is 1. The molecule has 0 heterocycles. The molecule has 0 saturated heterocycles. The van der Waals surface area contributed by atoms with Gasteiger partial charge in [0.25, 0.3) is 0 Å². The van der Waals surface area contributed by atoms with E-state index in [0.29, 0.717) is 12.3 Å². The summed E-state index contributed by atoms with van der Waals surface area (Å²) in [5, 5.41) is 9.70. The summed E-state index contributed by atoms with van der Waals surface area (Å²) in [7, 11) is 0. The molecule has 49 valence electrons. The molecule has 0 aromatic carbocycles. The third-order valence-electron chi connectivity index (χ3n) is 0.701. The Kier molecular flexibility index (Phi) is 3.54. The summed E-state index contributed by atoms with van der Waals surface area (Å²) in [6.45, 7) is 3.95. The fraction of sp³-hybridized carbons (Fsp3) is 0.571. The molecule has 0 aliphatic carbocycles. The lowest BCUT2D eigenvalue weighted by Crippen LogP contribution is -1.86. The van der Waals surface area contributed by atoms with E-state index < -0.39 is 5.97 Å². The van der Waals surface area contributed by atoms with E-state index in [1.54, 1.807) is 0 Å². The highest BCUT2D eigenvalue weighted by Gasteiger charge is 1.89. The lowest BCUT2D eigenvalue weighted by atomic mass is 10.1. The molecule has 0 amide bonds. The highest BCUT2D eigenvalue weighted by atomic mass is 16.4. The maximum absolute atomic E-state index is 9.70. The minimum atomic E-state index is -1.30. The summed E-state index contributed by atoms with van der Waals surface area (Å²) in [5.41, 5.74) is 0. The lowest BCUT2D eigenvalue weighted by molar-refractivity contribution is -0.136. The molecule has 0 spiro atoms. The van der Waals surface area contributed by atoms with Crippen LogP contribution >= 0.6 is 0 Å². The molecule has 0 aromatic rings. The molecule has 2 nitrogen and oxygen atoms in total. The molecule has 0 saturated carbocycles. The molecule has 0 aromatic heterocycles.